The van der Waals surface area contributed by atoms with Gasteiger partial charge in [-0.3, -0.25) is 4.98 Å². The second-order valence-corrected chi connectivity index (χ2v) is 4.55. The van der Waals surface area contributed by atoms with Crippen molar-refractivity contribution in [2.45, 2.75) is 20.4 Å². The monoisotopic (exact) mass is 234 g/mol. The normalized spacial score (nSPS) is 15.8. The SMILES string of the molecule is Cc1cnc(CN2CCN(C)C2=O)c(C)c1N. The first-order chi connectivity index (χ1) is 8.00. The third-order valence-corrected chi connectivity index (χ3v) is 3.32. The summed E-state index contributed by atoms with van der Waals surface area (Å²) < 4.78 is 0. The van der Waals surface area contributed by atoms with Crippen LogP contribution >= 0.6 is 0 Å². The molecule has 2 N–H and O–H groups in total. The summed E-state index contributed by atoms with van der Waals surface area (Å²) in [6, 6.07) is 0.0605. The number of rotatable bonds is 2. The van der Waals surface area contributed by atoms with Crippen LogP contribution in [0.5, 0.6) is 0 Å². The minimum atomic E-state index is 0.0605. The summed E-state index contributed by atoms with van der Waals surface area (Å²) in [5.74, 6) is 0. The third kappa shape index (κ3) is 2.05. The molecular weight excluding hydrogens is 216 g/mol. The number of aromatic nitrogens is 1. The van der Waals surface area contributed by atoms with Crippen LogP contribution in [0.25, 0.3) is 0 Å². The average molecular weight is 234 g/mol. The fourth-order valence-electron chi connectivity index (χ4n) is 1.98. The van der Waals surface area contributed by atoms with E-state index in [9.17, 15) is 4.79 Å². The van der Waals surface area contributed by atoms with Gasteiger partial charge < -0.3 is 15.5 Å². The topological polar surface area (TPSA) is 62.5 Å². The summed E-state index contributed by atoms with van der Waals surface area (Å²) in [4.78, 5) is 19.6. The van der Waals surface area contributed by atoms with Crippen LogP contribution in [-0.2, 0) is 6.54 Å². The Labute approximate surface area is 101 Å². The highest BCUT2D eigenvalue weighted by Crippen LogP contribution is 2.20. The molecule has 2 amide bonds. The van der Waals surface area contributed by atoms with E-state index in [0.717, 1.165) is 35.6 Å². The highest BCUT2D eigenvalue weighted by molar-refractivity contribution is 5.76. The van der Waals surface area contributed by atoms with Crippen molar-refractivity contribution in [2.75, 3.05) is 25.9 Å². The number of urea groups is 1. The number of carbonyl (C=O) groups is 1. The van der Waals surface area contributed by atoms with Crippen molar-refractivity contribution in [2.24, 2.45) is 0 Å². The number of likely N-dealkylation sites (N-methyl/N-ethyl adjacent to an activating group) is 1. The predicted octanol–water partition coefficient (Wildman–Crippen LogP) is 1.15. The molecule has 5 nitrogen and oxygen atoms in total. The Hall–Kier alpha value is -1.78. The van der Waals surface area contributed by atoms with Gasteiger partial charge in [-0.15, -0.1) is 0 Å². The number of nitrogens with zero attached hydrogens (tertiary/aromatic N) is 3. The third-order valence-electron chi connectivity index (χ3n) is 3.32. The number of amides is 2. The van der Waals surface area contributed by atoms with Gasteiger partial charge in [0.2, 0.25) is 0 Å². The molecule has 0 bridgehead atoms. The van der Waals surface area contributed by atoms with Crippen molar-refractivity contribution in [1.82, 2.24) is 14.8 Å². The Kier molecular flexibility index (Phi) is 2.92. The zero-order chi connectivity index (χ0) is 12.6. The first-order valence-corrected chi connectivity index (χ1v) is 5.71. The van der Waals surface area contributed by atoms with E-state index in [1.807, 2.05) is 20.9 Å². The molecule has 1 aliphatic heterocycles. The second-order valence-electron chi connectivity index (χ2n) is 4.55. The van der Waals surface area contributed by atoms with Crippen molar-refractivity contribution in [3.8, 4) is 0 Å². The minimum Gasteiger partial charge on any atom is -0.398 e. The van der Waals surface area contributed by atoms with Crippen LogP contribution in [0.15, 0.2) is 6.20 Å². The summed E-state index contributed by atoms with van der Waals surface area (Å²) in [6.45, 7) is 5.96. The molecule has 2 rings (SSSR count). The lowest BCUT2D eigenvalue weighted by Crippen LogP contribution is -2.29. The molecule has 0 aliphatic carbocycles. The van der Waals surface area contributed by atoms with Gasteiger partial charge in [0.1, 0.15) is 0 Å². The van der Waals surface area contributed by atoms with Gasteiger partial charge in [-0.1, -0.05) is 0 Å². The maximum absolute atomic E-state index is 11.8. The molecule has 0 saturated carbocycles. The number of nitrogens with two attached hydrogens (primary N) is 1. The molecule has 1 saturated heterocycles. The maximum Gasteiger partial charge on any atom is 0.320 e. The highest BCUT2D eigenvalue weighted by atomic mass is 16.2. The van der Waals surface area contributed by atoms with E-state index in [2.05, 4.69) is 4.98 Å². The molecular formula is C12H18N4O. The van der Waals surface area contributed by atoms with Crippen LogP contribution in [-0.4, -0.2) is 41.0 Å². The minimum absolute atomic E-state index is 0.0605. The molecule has 92 valence electrons. The molecule has 1 aromatic rings. The van der Waals surface area contributed by atoms with Gasteiger partial charge in [-0.2, -0.15) is 0 Å². The van der Waals surface area contributed by atoms with Crippen molar-refractivity contribution in [3.05, 3.63) is 23.0 Å². The molecule has 1 fully saturated rings. The van der Waals surface area contributed by atoms with Crippen molar-refractivity contribution < 1.29 is 4.79 Å². The summed E-state index contributed by atoms with van der Waals surface area (Å²) >= 11 is 0. The van der Waals surface area contributed by atoms with Crippen LogP contribution in [0, 0.1) is 13.8 Å². The largest absolute Gasteiger partial charge is 0.398 e. The van der Waals surface area contributed by atoms with Gasteiger partial charge in [0.25, 0.3) is 0 Å². The lowest BCUT2D eigenvalue weighted by Gasteiger charge is -2.17. The number of nitrogen functional groups attached to an aromatic ring is 1. The number of hydrogen-bond acceptors (Lipinski definition) is 3. The van der Waals surface area contributed by atoms with E-state index in [0.29, 0.717) is 6.54 Å². The van der Waals surface area contributed by atoms with Crippen LogP contribution < -0.4 is 5.73 Å². The molecule has 0 spiro atoms. The van der Waals surface area contributed by atoms with E-state index in [1.54, 1.807) is 16.0 Å². The van der Waals surface area contributed by atoms with Crippen LogP contribution in [0.3, 0.4) is 0 Å². The fraction of sp³-hybridized carbons (Fsp3) is 0.500. The van der Waals surface area contributed by atoms with E-state index in [4.69, 9.17) is 5.73 Å². The second kappa shape index (κ2) is 4.24. The Balaban J connectivity index is 2.20. The van der Waals surface area contributed by atoms with Crippen molar-refractivity contribution in [1.29, 1.82) is 0 Å². The van der Waals surface area contributed by atoms with Gasteiger partial charge in [-0.05, 0) is 25.0 Å². The molecule has 0 atom stereocenters. The summed E-state index contributed by atoms with van der Waals surface area (Å²) in [5, 5.41) is 0. The molecule has 2 heterocycles. The van der Waals surface area contributed by atoms with Crippen molar-refractivity contribution in [3.63, 3.8) is 0 Å². The smallest absolute Gasteiger partial charge is 0.320 e. The number of pyridine rings is 1. The Morgan fingerprint density at radius 2 is 2.12 bits per heavy atom. The summed E-state index contributed by atoms with van der Waals surface area (Å²) in [5.41, 5.74) is 9.59. The quantitative estimate of drug-likeness (QED) is 0.835. The Morgan fingerprint density at radius 3 is 2.71 bits per heavy atom. The van der Waals surface area contributed by atoms with Gasteiger partial charge in [0, 0.05) is 32.0 Å². The highest BCUT2D eigenvalue weighted by Gasteiger charge is 2.26. The average Bonchev–Trinajstić information content (AvgIpc) is 2.62. The zero-order valence-corrected chi connectivity index (χ0v) is 10.5. The molecule has 5 heteroatoms. The van der Waals surface area contributed by atoms with Crippen LogP contribution in [0.2, 0.25) is 0 Å². The van der Waals surface area contributed by atoms with Gasteiger partial charge in [-0.25, -0.2) is 4.79 Å². The van der Waals surface area contributed by atoms with E-state index >= 15 is 0 Å². The van der Waals surface area contributed by atoms with Gasteiger partial charge in [0.05, 0.1) is 12.2 Å². The number of aryl methyl sites for hydroxylation is 1. The van der Waals surface area contributed by atoms with Crippen LogP contribution in [0.1, 0.15) is 16.8 Å². The summed E-state index contributed by atoms with van der Waals surface area (Å²) in [6.07, 6.45) is 1.77. The predicted molar refractivity (Wildman–Crippen MR) is 66.6 cm³/mol. The molecule has 0 aromatic carbocycles. The van der Waals surface area contributed by atoms with Gasteiger partial charge >= 0.3 is 6.03 Å². The summed E-state index contributed by atoms with van der Waals surface area (Å²) in [7, 11) is 1.81. The lowest BCUT2D eigenvalue weighted by molar-refractivity contribution is 0.196. The fourth-order valence-corrected chi connectivity index (χ4v) is 1.98. The molecule has 0 radical (unpaired) electrons. The van der Waals surface area contributed by atoms with E-state index < -0.39 is 0 Å². The van der Waals surface area contributed by atoms with Crippen molar-refractivity contribution >= 4 is 11.7 Å². The zero-order valence-electron chi connectivity index (χ0n) is 10.5. The lowest BCUT2D eigenvalue weighted by atomic mass is 10.1. The van der Waals surface area contributed by atoms with E-state index in [-0.39, 0.29) is 6.03 Å². The number of hydrogen-bond donors (Lipinski definition) is 1. The van der Waals surface area contributed by atoms with Gasteiger partial charge in [0.15, 0.2) is 0 Å². The Morgan fingerprint density at radius 1 is 1.41 bits per heavy atom. The van der Waals surface area contributed by atoms with E-state index in [1.165, 1.54) is 0 Å². The Bertz CT molecular complexity index is 458. The molecule has 17 heavy (non-hydrogen) atoms. The molecule has 1 aliphatic rings. The first-order valence-electron chi connectivity index (χ1n) is 5.71. The van der Waals surface area contributed by atoms with Crippen LogP contribution in [0.4, 0.5) is 10.5 Å². The maximum atomic E-state index is 11.8. The molecule has 1 aromatic heterocycles. The number of anilines is 1. The first kappa shape index (κ1) is 11.7. The molecule has 0 unspecified atom stereocenters. The standard InChI is InChI=1S/C12H18N4O/c1-8-6-14-10(9(2)11(8)13)7-16-5-4-15(3)12(16)17/h6H,4-5,7H2,1-3H3,(H2,13,14). The number of carbonyl (C=O) groups excluding carboxylic acids is 1.